The molecule has 1 unspecified atom stereocenters. The van der Waals surface area contributed by atoms with Gasteiger partial charge in [0.05, 0.1) is 0 Å². The lowest BCUT2D eigenvalue weighted by atomic mass is 10.1. The van der Waals surface area contributed by atoms with Crippen LogP contribution in [0.2, 0.25) is 0 Å². The third-order valence-corrected chi connectivity index (χ3v) is 2.91. The normalized spacial score (nSPS) is 14.4. The second-order valence-electron chi connectivity index (χ2n) is 3.68. The average molecular weight is 260 g/mol. The lowest BCUT2D eigenvalue weighted by Crippen LogP contribution is -1.88. The number of hydrogen-bond acceptors (Lipinski definition) is 2. The minimum absolute atomic E-state index is 0.375. The van der Waals surface area contributed by atoms with Crippen molar-refractivity contribution in [3.05, 3.63) is 29.8 Å². The Morgan fingerprint density at radius 1 is 1.31 bits per heavy atom. The van der Waals surface area contributed by atoms with E-state index in [2.05, 4.69) is 19.2 Å². The van der Waals surface area contributed by atoms with Gasteiger partial charge in [0, 0.05) is 0 Å². The van der Waals surface area contributed by atoms with E-state index in [1.54, 1.807) is 12.1 Å². The molecule has 1 aromatic carbocycles. The van der Waals surface area contributed by atoms with Crippen molar-refractivity contribution in [3.8, 4) is 5.75 Å². The van der Waals surface area contributed by atoms with Crippen molar-refractivity contribution in [1.29, 1.82) is 0 Å². The van der Waals surface area contributed by atoms with Gasteiger partial charge in [0.1, 0.15) is 5.75 Å². The fourth-order valence-electron chi connectivity index (χ4n) is 1.43. The third-order valence-electron chi connectivity index (χ3n) is 2.22. The minimum Gasteiger partial charge on any atom is -0.417 e. The Kier molecular flexibility index (Phi) is 5.39. The Labute approximate surface area is 102 Å². The first kappa shape index (κ1) is 13.6. The van der Waals surface area contributed by atoms with Crippen LogP contribution < -0.4 is 4.52 Å². The van der Waals surface area contributed by atoms with E-state index in [1.165, 1.54) is 24.8 Å². The molecule has 0 spiro atoms. The van der Waals surface area contributed by atoms with E-state index in [1.807, 2.05) is 12.1 Å². The van der Waals surface area contributed by atoms with E-state index < -0.39 is 6.80 Å². The van der Waals surface area contributed by atoms with Gasteiger partial charge in [-0.05, 0) is 42.8 Å². The molecule has 0 saturated heterocycles. The predicted octanol–water partition coefficient (Wildman–Crippen LogP) is 3.83. The summed E-state index contributed by atoms with van der Waals surface area (Å²) in [6.07, 6.45) is 4.63. The van der Waals surface area contributed by atoms with E-state index in [4.69, 9.17) is 9.42 Å². The molecule has 0 aliphatic heterocycles. The van der Waals surface area contributed by atoms with E-state index in [-0.39, 0.29) is 0 Å². The molecule has 0 saturated carbocycles. The molecule has 0 amide bonds. The summed E-state index contributed by atoms with van der Waals surface area (Å²) in [6.45, 7) is -1.57. The highest BCUT2D eigenvalue weighted by Gasteiger charge is 2.12. The van der Waals surface area contributed by atoms with Gasteiger partial charge in [-0.1, -0.05) is 31.9 Å². The molecule has 1 atom stereocenters. The highest BCUT2D eigenvalue weighted by atomic mass is 32.7. The molecule has 0 heterocycles. The zero-order valence-electron chi connectivity index (χ0n) is 9.30. The summed E-state index contributed by atoms with van der Waals surface area (Å²) in [7, 11) is 0. The standard InChI is InChI=1S/C11H17O3PS/c1-2-3-4-5-10-6-8-11(9-7-10)14-15(12,13)16/h6-9H,2-5H2,1H3,(H2,12,13,16). The van der Waals surface area contributed by atoms with Crippen LogP contribution in [0, 0.1) is 0 Å². The fraction of sp³-hybridized carbons (Fsp3) is 0.455. The lowest BCUT2D eigenvalue weighted by molar-refractivity contribution is 0.403. The average Bonchev–Trinajstić information content (AvgIpc) is 2.19. The topological polar surface area (TPSA) is 46.5 Å². The Hall–Kier alpha value is -0.440. The van der Waals surface area contributed by atoms with Gasteiger partial charge >= 0.3 is 6.80 Å². The van der Waals surface area contributed by atoms with E-state index in [0.29, 0.717) is 5.75 Å². The minimum atomic E-state index is -3.73. The summed E-state index contributed by atoms with van der Waals surface area (Å²) in [6, 6.07) is 7.21. The molecule has 0 bridgehead atoms. The van der Waals surface area contributed by atoms with Crippen LogP contribution in [0.3, 0.4) is 0 Å². The SMILES string of the molecule is CCCCCc1ccc(OP(=O)(O)S)cc1. The second kappa shape index (κ2) is 6.33. The smallest absolute Gasteiger partial charge is 0.417 e. The van der Waals surface area contributed by atoms with Crippen LogP contribution in [-0.2, 0) is 11.0 Å². The largest absolute Gasteiger partial charge is 0.434 e. The summed E-state index contributed by atoms with van der Waals surface area (Å²) in [5.41, 5.74) is 1.22. The van der Waals surface area contributed by atoms with Crippen molar-refractivity contribution in [2.24, 2.45) is 0 Å². The molecule has 0 aromatic heterocycles. The van der Waals surface area contributed by atoms with Gasteiger partial charge in [-0.25, -0.2) is 4.57 Å². The van der Waals surface area contributed by atoms with Gasteiger partial charge in [0.2, 0.25) is 0 Å². The molecule has 0 aliphatic rings. The first-order chi connectivity index (χ1) is 7.51. The van der Waals surface area contributed by atoms with Gasteiger partial charge in [-0.15, -0.1) is 0 Å². The zero-order valence-corrected chi connectivity index (χ0v) is 11.1. The number of hydrogen-bond donors (Lipinski definition) is 2. The van der Waals surface area contributed by atoms with Crippen molar-refractivity contribution in [3.63, 3.8) is 0 Å². The molecule has 1 N–H and O–H groups in total. The van der Waals surface area contributed by atoms with E-state index in [0.717, 1.165) is 6.42 Å². The van der Waals surface area contributed by atoms with Gasteiger partial charge in [0.25, 0.3) is 0 Å². The highest BCUT2D eigenvalue weighted by molar-refractivity contribution is 8.44. The third kappa shape index (κ3) is 5.59. The van der Waals surface area contributed by atoms with E-state index in [9.17, 15) is 4.57 Å². The van der Waals surface area contributed by atoms with Crippen LogP contribution in [-0.4, -0.2) is 4.89 Å². The number of aryl methyl sites for hydroxylation is 1. The van der Waals surface area contributed by atoms with Crippen LogP contribution in [0.1, 0.15) is 31.7 Å². The predicted molar refractivity (Wildman–Crippen MR) is 69.1 cm³/mol. The van der Waals surface area contributed by atoms with Gasteiger partial charge < -0.3 is 9.42 Å². The molecular weight excluding hydrogens is 243 g/mol. The summed E-state index contributed by atoms with van der Waals surface area (Å²) in [4.78, 5) is 8.91. The van der Waals surface area contributed by atoms with Crippen molar-refractivity contribution >= 4 is 19.0 Å². The molecule has 0 fully saturated rings. The van der Waals surface area contributed by atoms with Gasteiger partial charge in [0.15, 0.2) is 0 Å². The molecule has 16 heavy (non-hydrogen) atoms. The maximum Gasteiger partial charge on any atom is 0.434 e. The molecule has 5 heteroatoms. The molecule has 1 rings (SSSR count). The Balaban J connectivity index is 2.51. The van der Waals surface area contributed by atoms with Crippen LogP contribution in [0.25, 0.3) is 0 Å². The molecule has 0 radical (unpaired) electrons. The van der Waals surface area contributed by atoms with Crippen molar-refractivity contribution in [2.75, 3.05) is 0 Å². The van der Waals surface area contributed by atoms with Crippen molar-refractivity contribution in [1.82, 2.24) is 0 Å². The molecule has 0 aliphatic carbocycles. The number of thiol groups is 1. The maximum atomic E-state index is 10.9. The number of rotatable bonds is 6. The number of unbranched alkanes of at least 4 members (excludes halogenated alkanes) is 2. The summed E-state index contributed by atoms with van der Waals surface area (Å²) in [5, 5.41) is 0. The summed E-state index contributed by atoms with van der Waals surface area (Å²) < 4.78 is 15.6. The van der Waals surface area contributed by atoms with Crippen molar-refractivity contribution in [2.45, 2.75) is 32.6 Å². The molecule has 90 valence electrons. The van der Waals surface area contributed by atoms with E-state index >= 15 is 0 Å². The zero-order chi connectivity index (χ0) is 12.0. The quantitative estimate of drug-likeness (QED) is 0.464. The Morgan fingerprint density at radius 2 is 1.94 bits per heavy atom. The Bertz CT molecular complexity index is 358. The lowest BCUT2D eigenvalue weighted by Gasteiger charge is -2.08. The molecule has 3 nitrogen and oxygen atoms in total. The van der Waals surface area contributed by atoms with Gasteiger partial charge in [-0.3, -0.25) is 0 Å². The van der Waals surface area contributed by atoms with Crippen LogP contribution in [0.5, 0.6) is 5.75 Å². The maximum absolute atomic E-state index is 10.9. The molecular formula is C11H17O3PS. The highest BCUT2D eigenvalue weighted by Crippen LogP contribution is 2.46. The Morgan fingerprint density at radius 3 is 2.44 bits per heavy atom. The first-order valence-corrected chi connectivity index (χ1v) is 8.08. The first-order valence-electron chi connectivity index (χ1n) is 5.35. The molecule has 1 aromatic rings. The van der Waals surface area contributed by atoms with Crippen molar-refractivity contribution < 1.29 is 14.0 Å². The van der Waals surface area contributed by atoms with Crippen LogP contribution in [0.4, 0.5) is 0 Å². The summed E-state index contributed by atoms with van der Waals surface area (Å²) >= 11 is 3.45. The second-order valence-corrected chi connectivity index (χ2v) is 6.36. The van der Waals surface area contributed by atoms with Crippen LogP contribution in [0.15, 0.2) is 24.3 Å². The van der Waals surface area contributed by atoms with Gasteiger partial charge in [-0.2, -0.15) is 0 Å². The van der Waals surface area contributed by atoms with Crippen LogP contribution >= 0.6 is 19.0 Å². The summed E-state index contributed by atoms with van der Waals surface area (Å²) in [5.74, 6) is 0.375. The number of benzene rings is 1. The monoisotopic (exact) mass is 260 g/mol. The fourth-order valence-corrected chi connectivity index (χ4v) is 2.11.